The van der Waals surface area contributed by atoms with E-state index in [4.69, 9.17) is 0 Å². The van der Waals surface area contributed by atoms with Crippen molar-refractivity contribution in [2.45, 2.75) is 45.6 Å². The Bertz CT molecular complexity index is 208. The second-order valence-corrected chi connectivity index (χ2v) is 4.52. The lowest BCUT2D eigenvalue weighted by Crippen LogP contribution is -2.40. The monoisotopic (exact) mass is 227 g/mol. The van der Waals surface area contributed by atoms with Crippen LogP contribution >= 0.6 is 0 Å². The third kappa shape index (κ3) is 4.84. The lowest BCUT2D eigenvalue weighted by atomic mass is 10.0. The Morgan fingerprint density at radius 2 is 2.19 bits per heavy atom. The van der Waals surface area contributed by atoms with E-state index >= 15 is 0 Å². The molecular formula is C12H25N3O. The van der Waals surface area contributed by atoms with Crippen molar-refractivity contribution in [3.05, 3.63) is 0 Å². The Balaban J connectivity index is 2.03. The van der Waals surface area contributed by atoms with E-state index in [1.807, 2.05) is 6.92 Å². The number of rotatable bonds is 5. The van der Waals surface area contributed by atoms with Gasteiger partial charge in [-0.15, -0.1) is 0 Å². The van der Waals surface area contributed by atoms with E-state index in [0.717, 1.165) is 25.6 Å². The van der Waals surface area contributed by atoms with Crippen molar-refractivity contribution in [3.8, 4) is 0 Å². The lowest BCUT2D eigenvalue weighted by molar-refractivity contribution is 0.159. The maximum absolute atomic E-state index is 11.1. The zero-order chi connectivity index (χ0) is 11.8. The Morgan fingerprint density at radius 3 is 2.88 bits per heavy atom. The molecule has 0 spiro atoms. The number of likely N-dealkylation sites (tertiary alicyclic amines) is 1. The standard InChI is InChI=1S/C12H25N3O/c1-3-13-12(16)14-8-6-10-15-9-5-4-7-11(15)2/h11H,3-10H2,1-2H3,(H2,13,14,16). The molecule has 1 saturated heterocycles. The third-order valence-electron chi connectivity index (χ3n) is 3.19. The average molecular weight is 227 g/mol. The van der Waals surface area contributed by atoms with Crippen LogP contribution in [0.15, 0.2) is 0 Å². The maximum atomic E-state index is 11.1. The Hall–Kier alpha value is -0.770. The molecule has 4 nitrogen and oxygen atoms in total. The lowest BCUT2D eigenvalue weighted by Gasteiger charge is -2.33. The van der Waals surface area contributed by atoms with Crippen LogP contribution in [-0.4, -0.2) is 43.2 Å². The molecule has 0 aromatic carbocycles. The van der Waals surface area contributed by atoms with Gasteiger partial charge in [0, 0.05) is 25.7 Å². The number of nitrogens with one attached hydrogen (secondary N) is 2. The van der Waals surface area contributed by atoms with Crippen LogP contribution in [0.4, 0.5) is 4.79 Å². The first-order valence-corrected chi connectivity index (χ1v) is 6.49. The molecule has 4 heteroatoms. The van der Waals surface area contributed by atoms with Crippen LogP contribution in [0.2, 0.25) is 0 Å². The summed E-state index contributed by atoms with van der Waals surface area (Å²) >= 11 is 0. The minimum Gasteiger partial charge on any atom is -0.338 e. The van der Waals surface area contributed by atoms with Gasteiger partial charge in [0.1, 0.15) is 0 Å². The van der Waals surface area contributed by atoms with Crippen molar-refractivity contribution in [2.75, 3.05) is 26.2 Å². The van der Waals surface area contributed by atoms with Gasteiger partial charge in [-0.2, -0.15) is 0 Å². The van der Waals surface area contributed by atoms with E-state index in [9.17, 15) is 4.79 Å². The van der Waals surface area contributed by atoms with Crippen LogP contribution in [-0.2, 0) is 0 Å². The molecule has 1 heterocycles. The first-order chi connectivity index (χ1) is 7.74. The largest absolute Gasteiger partial charge is 0.338 e. The van der Waals surface area contributed by atoms with Gasteiger partial charge >= 0.3 is 6.03 Å². The highest BCUT2D eigenvalue weighted by molar-refractivity contribution is 5.73. The van der Waals surface area contributed by atoms with Crippen molar-refractivity contribution in [2.24, 2.45) is 0 Å². The number of nitrogens with zero attached hydrogens (tertiary/aromatic N) is 1. The molecule has 0 bridgehead atoms. The van der Waals surface area contributed by atoms with E-state index in [1.165, 1.54) is 25.8 Å². The zero-order valence-electron chi connectivity index (χ0n) is 10.6. The minimum atomic E-state index is -0.0470. The number of carbonyl (C=O) groups is 1. The van der Waals surface area contributed by atoms with E-state index in [0.29, 0.717) is 6.54 Å². The number of carbonyl (C=O) groups excluding carboxylic acids is 1. The van der Waals surface area contributed by atoms with Crippen molar-refractivity contribution >= 4 is 6.03 Å². The highest BCUT2D eigenvalue weighted by atomic mass is 16.2. The molecule has 1 aliphatic rings. The van der Waals surface area contributed by atoms with E-state index < -0.39 is 0 Å². The Kier molecular flexibility index (Phi) is 6.23. The van der Waals surface area contributed by atoms with Gasteiger partial charge < -0.3 is 15.5 Å². The van der Waals surface area contributed by atoms with Gasteiger partial charge in [0.2, 0.25) is 0 Å². The van der Waals surface area contributed by atoms with Crippen molar-refractivity contribution in [3.63, 3.8) is 0 Å². The van der Waals surface area contributed by atoms with Gasteiger partial charge in [-0.05, 0) is 39.7 Å². The number of urea groups is 1. The summed E-state index contributed by atoms with van der Waals surface area (Å²) in [4.78, 5) is 13.7. The molecule has 0 aromatic heterocycles. The summed E-state index contributed by atoms with van der Waals surface area (Å²) in [6.07, 6.45) is 5.06. The average Bonchev–Trinajstić information content (AvgIpc) is 2.27. The molecule has 1 atom stereocenters. The van der Waals surface area contributed by atoms with Gasteiger partial charge in [0.15, 0.2) is 0 Å². The molecule has 1 rings (SSSR count). The van der Waals surface area contributed by atoms with E-state index in [-0.39, 0.29) is 6.03 Å². The van der Waals surface area contributed by atoms with Crippen LogP contribution in [0.3, 0.4) is 0 Å². The molecule has 1 fully saturated rings. The molecule has 0 aliphatic carbocycles. The van der Waals surface area contributed by atoms with Crippen LogP contribution in [0.5, 0.6) is 0 Å². The SMILES string of the molecule is CCNC(=O)NCCCN1CCCCC1C. The quantitative estimate of drug-likeness (QED) is 0.700. The van der Waals surface area contributed by atoms with Crippen molar-refractivity contribution < 1.29 is 4.79 Å². The summed E-state index contributed by atoms with van der Waals surface area (Å²) in [6, 6.07) is 0.674. The number of amides is 2. The Labute approximate surface area is 98.8 Å². The maximum Gasteiger partial charge on any atom is 0.314 e. The molecule has 0 saturated carbocycles. The second-order valence-electron chi connectivity index (χ2n) is 4.52. The fourth-order valence-corrected chi connectivity index (χ4v) is 2.20. The molecular weight excluding hydrogens is 202 g/mol. The smallest absolute Gasteiger partial charge is 0.314 e. The highest BCUT2D eigenvalue weighted by Crippen LogP contribution is 2.15. The molecule has 0 aromatic rings. The molecule has 2 N–H and O–H groups in total. The molecule has 16 heavy (non-hydrogen) atoms. The van der Waals surface area contributed by atoms with Crippen molar-refractivity contribution in [1.29, 1.82) is 0 Å². The Morgan fingerprint density at radius 1 is 1.38 bits per heavy atom. The number of hydrogen-bond acceptors (Lipinski definition) is 2. The van der Waals surface area contributed by atoms with Gasteiger partial charge in [0.05, 0.1) is 0 Å². The number of hydrogen-bond donors (Lipinski definition) is 2. The van der Waals surface area contributed by atoms with Gasteiger partial charge in [-0.25, -0.2) is 4.79 Å². The first-order valence-electron chi connectivity index (χ1n) is 6.49. The molecule has 94 valence electrons. The predicted molar refractivity (Wildman–Crippen MR) is 66.6 cm³/mol. The molecule has 1 aliphatic heterocycles. The predicted octanol–water partition coefficient (Wildman–Crippen LogP) is 1.57. The van der Waals surface area contributed by atoms with Crippen LogP contribution in [0.1, 0.15) is 39.5 Å². The normalized spacial score (nSPS) is 21.8. The van der Waals surface area contributed by atoms with Gasteiger partial charge in [-0.1, -0.05) is 6.42 Å². The number of piperidine rings is 1. The van der Waals surface area contributed by atoms with E-state index in [2.05, 4.69) is 22.5 Å². The van der Waals surface area contributed by atoms with Gasteiger partial charge in [-0.3, -0.25) is 0 Å². The third-order valence-corrected chi connectivity index (χ3v) is 3.19. The molecule has 2 amide bonds. The first kappa shape index (κ1) is 13.3. The van der Waals surface area contributed by atoms with Crippen LogP contribution in [0.25, 0.3) is 0 Å². The summed E-state index contributed by atoms with van der Waals surface area (Å²) < 4.78 is 0. The summed E-state index contributed by atoms with van der Waals surface area (Å²) in [7, 11) is 0. The van der Waals surface area contributed by atoms with Crippen molar-refractivity contribution in [1.82, 2.24) is 15.5 Å². The van der Waals surface area contributed by atoms with Crippen LogP contribution in [0, 0.1) is 0 Å². The van der Waals surface area contributed by atoms with Crippen LogP contribution < -0.4 is 10.6 Å². The second kappa shape index (κ2) is 7.49. The minimum absolute atomic E-state index is 0.0470. The summed E-state index contributed by atoms with van der Waals surface area (Å²) in [5.41, 5.74) is 0. The fourth-order valence-electron chi connectivity index (χ4n) is 2.20. The molecule has 1 unspecified atom stereocenters. The van der Waals surface area contributed by atoms with Gasteiger partial charge in [0.25, 0.3) is 0 Å². The fraction of sp³-hybridized carbons (Fsp3) is 0.917. The summed E-state index contributed by atoms with van der Waals surface area (Å²) in [5.74, 6) is 0. The highest BCUT2D eigenvalue weighted by Gasteiger charge is 2.16. The van der Waals surface area contributed by atoms with E-state index in [1.54, 1.807) is 0 Å². The summed E-state index contributed by atoms with van der Waals surface area (Å²) in [5, 5.41) is 5.59. The zero-order valence-corrected chi connectivity index (χ0v) is 10.6. The summed E-state index contributed by atoms with van der Waals surface area (Å²) in [6.45, 7) is 8.02. The molecule has 0 radical (unpaired) electrons. The topological polar surface area (TPSA) is 44.4 Å².